The first kappa shape index (κ1) is 15.4. The highest BCUT2D eigenvalue weighted by molar-refractivity contribution is 7.13. The summed E-state index contributed by atoms with van der Waals surface area (Å²) >= 11 is 7.19. The van der Waals surface area contributed by atoms with Crippen LogP contribution >= 0.6 is 22.9 Å². The second kappa shape index (κ2) is 6.38. The third-order valence-electron chi connectivity index (χ3n) is 4.23. The van der Waals surface area contributed by atoms with Gasteiger partial charge in [0.2, 0.25) is 0 Å². The molecule has 1 amide bonds. The normalized spacial score (nSPS) is 13.1. The fraction of sp³-hybridized carbons (Fsp3) is 0.158. The molecule has 0 spiro atoms. The fourth-order valence-electron chi connectivity index (χ4n) is 3.12. The minimum absolute atomic E-state index is 0.0414. The molecule has 1 aliphatic heterocycles. The topological polar surface area (TPSA) is 33.2 Å². The minimum Gasteiger partial charge on any atom is -0.306 e. The van der Waals surface area contributed by atoms with Crippen molar-refractivity contribution in [2.45, 2.75) is 12.3 Å². The maximum atomic E-state index is 12.8. The largest absolute Gasteiger partial charge is 0.306 e. The van der Waals surface area contributed by atoms with Crippen LogP contribution < -0.4 is 4.90 Å². The number of thiazole rings is 1. The Hall–Kier alpha value is -2.17. The van der Waals surface area contributed by atoms with Crippen molar-refractivity contribution in [1.29, 1.82) is 0 Å². The summed E-state index contributed by atoms with van der Waals surface area (Å²) in [6.07, 6.45) is 2.54. The van der Waals surface area contributed by atoms with E-state index in [1.165, 1.54) is 28.0 Å². The van der Waals surface area contributed by atoms with Gasteiger partial charge in [0.25, 0.3) is 5.91 Å². The van der Waals surface area contributed by atoms with Gasteiger partial charge >= 0.3 is 0 Å². The van der Waals surface area contributed by atoms with Crippen LogP contribution in [0.15, 0.2) is 54.7 Å². The van der Waals surface area contributed by atoms with E-state index in [2.05, 4.69) is 23.2 Å². The zero-order chi connectivity index (χ0) is 16.5. The van der Waals surface area contributed by atoms with E-state index in [-0.39, 0.29) is 5.91 Å². The van der Waals surface area contributed by atoms with Crippen molar-refractivity contribution >= 4 is 34.5 Å². The van der Waals surface area contributed by atoms with Gasteiger partial charge in [-0.25, -0.2) is 4.98 Å². The van der Waals surface area contributed by atoms with E-state index in [0.29, 0.717) is 17.4 Å². The Bertz CT molecular complexity index is 891. The number of nitrogens with zero attached hydrogens (tertiary/aromatic N) is 2. The van der Waals surface area contributed by atoms with Crippen LogP contribution in [0.1, 0.15) is 20.2 Å². The van der Waals surface area contributed by atoms with Crippen molar-refractivity contribution in [2.24, 2.45) is 0 Å². The minimum atomic E-state index is -0.0414. The molecule has 3 nitrogen and oxygen atoms in total. The molecule has 1 aliphatic rings. The second-order valence-corrected chi connectivity index (χ2v) is 7.02. The molecule has 3 aromatic rings. The number of amides is 1. The van der Waals surface area contributed by atoms with Gasteiger partial charge in [0.15, 0.2) is 5.01 Å². The van der Waals surface area contributed by atoms with Gasteiger partial charge in [-0.3, -0.25) is 4.79 Å². The summed E-state index contributed by atoms with van der Waals surface area (Å²) in [4.78, 5) is 19.8. The number of fused-ring (bicyclic) bond motifs is 1. The average molecular weight is 355 g/mol. The summed E-state index contributed by atoms with van der Waals surface area (Å²) in [5.74, 6) is 0.347. The first-order valence-corrected chi connectivity index (χ1v) is 9.13. The number of rotatable bonds is 3. The predicted molar refractivity (Wildman–Crippen MR) is 98.9 cm³/mol. The third kappa shape index (κ3) is 2.62. The molecule has 0 radical (unpaired) electrons. The molecule has 120 valence electrons. The van der Waals surface area contributed by atoms with Gasteiger partial charge in [-0.15, -0.1) is 22.9 Å². The first-order chi connectivity index (χ1) is 11.8. The lowest BCUT2D eigenvalue weighted by molar-refractivity contribution is 0.0989. The van der Waals surface area contributed by atoms with Gasteiger partial charge in [-0.2, -0.15) is 0 Å². The zero-order valence-corrected chi connectivity index (χ0v) is 14.5. The molecule has 0 saturated carbocycles. The predicted octanol–water partition coefficient (Wildman–Crippen LogP) is 4.75. The lowest BCUT2D eigenvalue weighted by Crippen LogP contribution is -2.28. The highest BCUT2D eigenvalue weighted by Crippen LogP contribution is 2.37. The van der Waals surface area contributed by atoms with Gasteiger partial charge in [-0.05, 0) is 29.2 Å². The van der Waals surface area contributed by atoms with Crippen molar-refractivity contribution in [3.05, 3.63) is 70.2 Å². The van der Waals surface area contributed by atoms with E-state index in [1.807, 2.05) is 35.2 Å². The number of alkyl halides is 1. The van der Waals surface area contributed by atoms with Crippen LogP contribution in [0.3, 0.4) is 0 Å². The Kier molecular flexibility index (Phi) is 4.08. The molecule has 5 heteroatoms. The van der Waals surface area contributed by atoms with E-state index >= 15 is 0 Å². The molecule has 0 aliphatic carbocycles. The molecular weight excluding hydrogens is 340 g/mol. The number of hydrogen-bond donors (Lipinski definition) is 0. The Morgan fingerprint density at radius 3 is 2.75 bits per heavy atom. The van der Waals surface area contributed by atoms with Crippen LogP contribution in [0.4, 0.5) is 5.69 Å². The molecule has 4 rings (SSSR count). The number of hydrogen-bond acceptors (Lipinski definition) is 3. The molecule has 2 aromatic carbocycles. The van der Waals surface area contributed by atoms with E-state index < -0.39 is 0 Å². The second-order valence-electron chi connectivity index (χ2n) is 5.64. The Balaban J connectivity index is 1.71. The van der Waals surface area contributed by atoms with Crippen molar-refractivity contribution in [2.75, 3.05) is 11.4 Å². The van der Waals surface area contributed by atoms with Crippen molar-refractivity contribution < 1.29 is 4.79 Å². The van der Waals surface area contributed by atoms with E-state index in [0.717, 1.165) is 17.0 Å². The maximum Gasteiger partial charge on any atom is 0.287 e. The van der Waals surface area contributed by atoms with Crippen LogP contribution in [0, 0.1) is 0 Å². The molecule has 0 atom stereocenters. The lowest BCUT2D eigenvalue weighted by atomic mass is 9.98. The summed E-state index contributed by atoms with van der Waals surface area (Å²) in [5.41, 5.74) is 4.60. The molecule has 2 heterocycles. The third-order valence-corrected chi connectivity index (χ3v) is 5.66. The van der Waals surface area contributed by atoms with Gasteiger partial charge in [0.05, 0.1) is 5.88 Å². The zero-order valence-electron chi connectivity index (χ0n) is 12.9. The van der Waals surface area contributed by atoms with Crippen molar-refractivity contribution in [3.8, 4) is 11.1 Å². The van der Waals surface area contributed by atoms with E-state index in [4.69, 9.17) is 11.6 Å². The van der Waals surface area contributed by atoms with Gasteiger partial charge < -0.3 is 4.90 Å². The number of carbonyl (C=O) groups excluding carboxylic acids is 1. The molecule has 0 N–H and O–H groups in total. The number of carbonyl (C=O) groups is 1. The SMILES string of the molecule is O=C(c1ncc(CCl)s1)N1CCc2c(-c3ccccc3)cccc21. The van der Waals surface area contributed by atoms with Gasteiger partial charge in [0.1, 0.15) is 0 Å². The number of anilines is 1. The summed E-state index contributed by atoms with van der Waals surface area (Å²) in [6.45, 7) is 0.688. The Morgan fingerprint density at radius 1 is 1.17 bits per heavy atom. The Labute approximate surface area is 149 Å². The lowest BCUT2D eigenvalue weighted by Gasteiger charge is -2.16. The molecule has 0 unspecified atom stereocenters. The number of benzene rings is 2. The summed E-state index contributed by atoms with van der Waals surface area (Å²) < 4.78 is 0. The quantitative estimate of drug-likeness (QED) is 0.636. The van der Waals surface area contributed by atoms with Crippen molar-refractivity contribution in [1.82, 2.24) is 4.98 Å². The van der Waals surface area contributed by atoms with Crippen LogP contribution in [0.5, 0.6) is 0 Å². The molecule has 0 fully saturated rings. The molecule has 0 saturated heterocycles. The van der Waals surface area contributed by atoms with Crippen LogP contribution in [0.2, 0.25) is 0 Å². The standard InChI is InChI=1S/C19H15ClN2OS/c20-11-14-12-21-18(24-14)19(23)22-10-9-16-15(7-4-8-17(16)22)13-5-2-1-3-6-13/h1-8,12H,9-11H2. The molecule has 1 aromatic heterocycles. The van der Waals surface area contributed by atoms with Crippen LogP contribution in [0.25, 0.3) is 11.1 Å². The van der Waals surface area contributed by atoms with Gasteiger partial charge in [-0.1, -0.05) is 42.5 Å². The molecule has 0 bridgehead atoms. The molecule has 24 heavy (non-hydrogen) atoms. The van der Waals surface area contributed by atoms with Crippen LogP contribution in [-0.4, -0.2) is 17.4 Å². The Morgan fingerprint density at radius 2 is 2.00 bits per heavy atom. The summed E-state index contributed by atoms with van der Waals surface area (Å²) in [5, 5.41) is 0.503. The van der Waals surface area contributed by atoms with E-state index in [9.17, 15) is 4.79 Å². The smallest absolute Gasteiger partial charge is 0.287 e. The summed E-state index contributed by atoms with van der Waals surface area (Å²) in [6, 6.07) is 16.4. The highest BCUT2D eigenvalue weighted by atomic mass is 35.5. The van der Waals surface area contributed by atoms with E-state index in [1.54, 1.807) is 6.20 Å². The average Bonchev–Trinajstić information content (AvgIpc) is 3.28. The number of halogens is 1. The van der Waals surface area contributed by atoms with Gasteiger partial charge in [0, 0.05) is 23.3 Å². The number of aromatic nitrogens is 1. The van der Waals surface area contributed by atoms with Crippen LogP contribution in [-0.2, 0) is 12.3 Å². The fourth-order valence-corrected chi connectivity index (χ4v) is 4.06. The first-order valence-electron chi connectivity index (χ1n) is 7.78. The highest BCUT2D eigenvalue weighted by Gasteiger charge is 2.29. The molecular formula is C19H15ClN2OS. The monoisotopic (exact) mass is 354 g/mol. The maximum absolute atomic E-state index is 12.8. The van der Waals surface area contributed by atoms with Crippen molar-refractivity contribution in [3.63, 3.8) is 0 Å². The summed E-state index contributed by atoms with van der Waals surface area (Å²) in [7, 11) is 0.